The molecule has 7 rings (SSSR count). The lowest BCUT2D eigenvalue weighted by molar-refractivity contribution is 0.331. The van der Waals surface area contributed by atoms with Gasteiger partial charge in [0.15, 0.2) is 0 Å². The molecular weight excluding hydrogens is 532 g/mol. The number of ether oxygens (including phenoxy) is 1. The lowest BCUT2D eigenvalue weighted by Crippen LogP contribution is -2.24. The highest BCUT2D eigenvalue weighted by molar-refractivity contribution is 8.04. The zero-order chi connectivity index (χ0) is 28.3. The quantitative estimate of drug-likeness (QED) is 0.181. The van der Waals surface area contributed by atoms with E-state index in [2.05, 4.69) is 144 Å². The van der Waals surface area contributed by atoms with Crippen molar-refractivity contribution in [1.29, 1.82) is 0 Å². The molecule has 0 aliphatic carbocycles. The van der Waals surface area contributed by atoms with Crippen LogP contribution in [-0.2, 0) is 0 Å². The summed E-state index contributed by atoms with van der Waals surface area (Å²) in [7, 11) is 0. The Morgan fingerprint density at radius 1 is 0.786 bits per heavy atom. The van der Waals surface area contributed by atoms with Crippen LogP contribution >= 0.6 is 11.8 Å². The summed E-state index contributed by atoms with van der Waals surface area (Å²) >= 11 is 1.84. The molecule has 204 valence electrons. The van der Waals surface area contributed by atoms with Crippen molar-refractivity contribution in [3.63, 3.8) is 0 Å². The minimum absolute atomic E-state index is 0.579. The molecule has 4 heteroatoms. The zero-order valence-electron chi connectivity index (χ0n) is 23.4. The van der Waals surface area contributed by atoms with Crippen molar-refractivity contribution in [3.05, 3.63) is 150 Å². The molecule has 0 bridgehead atoms. The first-order valence-electron chi connectivity index (χ1n) is 14.2. The number of benzene rings is 5. The van der Waals surface area contributed by atoms with Gasteiger partial charge in [0.25, 0.3) is 0 Å². The molecule has 0 radical (unpaired) electrons. The Bertz CT molecular complexity index is 2010. The number of nitrogens with zero attached hydrogens (tertiary/aromatic N) is 2. The van der Waals surface area contributed by atoms with Gasteiger partial charge in [0.1, 0.15) is 12.4 Å². The molecule has 6 aromatic rings. The molecule has 0 atom stereocenters. The van der Waals surface area contributed by atoms with Crippen LogP contribution in [0, 0.1) is 0 Å². The second-order valence-electron chi connectivity index (χ2n) is 10.4. The number of aromatic nitrogens is 1. The monoisotopic (exact) mass is 562 g/mol. The van der Waals surface area contributed by atoms with Crippen LogP contribution in [0.2, 0.25) is 0 Å². The Kier molecular flexibility index (Phi) is 7.21. The first kappa shape index (κ1) is 26.1. The molecule has 0 saturated heterocycles. The Hall–Kier alpha value is -4.80. The van der Waals surface area contributed by atoms with Crippen LogP contribution in [0.3, 0.4) is 0 Å². The normalized spacial score (nSPS) is 14.5. The third-order valence-electron chi connectivity index (χ3n) is 7.64. The van der Waals surface area contributed by atoms with E-state index in [1.807, 2.05) is 24.0 Å². The number of para-hydroxylation sites is 1. The molecule has 1 aliphatic heterocycles. The molecule has 0 amide bonds. The van der Waals surface area contributed by atoms with Crippen molar-refractivity contribution in [2.75, 3.05) is 18.1 Å². The van der Waals surface area contributed by atoms with E-state index in [0.29, 0.717) is 6.61 Å². The van der Waals surface area contributed by atoms with E-state index >= 15 is 0 Å². The van der Waals surface area contributed by atoms with Crippen molar-refractivity contribution >= 4 is 56.0 Å². The molecule has 2 heterocycles. The van der Waals surface area contributed by atoms with Gasteiger partial charge in [-0.05, 0) is 59.0 Å². The summed E-state index contributed by atoms with van der Waals surface area (Å²) < 4.78 is 6.37. The Morgan fingerprint density at radius 2 is 1.52 bits per heavy atom. The van der Waals surface area contributed by atoms with Crippen LogP contribution in [-0.4, -0.2) is 18.1 Å². The summed E-state index contributed by atoms with van der Waals surface area (Å²) in [5, 5.41) is 7.24. The molecule has 0 N–H and O–H groups in total. The smallest absolute Gasteiger partial charge is 0.127 e. The van der Waals surface area contributed by atoms with Crippen molar-refractivity contribution < 1.29 is 4.74 Å². The number of hydrogen-bond donors (Lipinski definition) is 0. The van der Waals surface area contributed by atoms with Gasteiger partial charge in [0.05, 0.1) is 22.8 Å². The SMILES string of the molecule is CC(C=Cc1ccnc2ccccc12)=CC=C1Sc2c(ccc3ccccc23)N1CCOc1cccc2ccccc12. The Balaban J connectivity index is 1.16. The summed E-state index contributed by atoms with van der Waals surface area (Å²) in [5.41, 5.74) is 4.59. The van der Waals surface area contributed by atoms with E-state index in [9.17, 15) is 0 Å². The predicted octanol–water partition coefficient (Wildman–Crippen LogP) is 10.0. The van der Waals surface area contributed by atoms with Gasteiger partial charge in [-0.3, -0.25) is 4.98 Å². The molecular formula is C38H30N2OS. The fourth-order valence-electron chi connectivity index (χ4n) is 5.50. The van der Waals surface area contributed by atoms with Crippen molar-refractivity contribution in [2.24, 2.45) is 0 Å². The van der Waals surface area contributed by atoms with Gasteiger partial charge in [0, 0.05) is 21.9 Å². The highest BCUT2D eigenvalue weighted by Crippen LogP contribution is 2.49. The lowest BCUT2D eigenvalue weighted by atomic mass is 10.1. The minimum Gasteiger partial charge on any atom is -0.491 e. The second-order valence-corrected chi connectivity index (χ2v) is 11.4. The van der Waals surface area contributed by atoms with Gasteiger partial charge in [-0.15, -0.1) is 0 Å². The van der Waals surface area contributed by atoms with Crippen LogP contribution in [0.1, 0.15) is 12.5 Å². The molecule has 0 spiro atoms. The molecule has 1 aliphatic rings. The fourth-order valence-corrected chi connectivity index (χ4v) is 6.72. The van der Waals surface area contributed by atoms with Crippen LogP contribution in [0.25, 0.3) is 38.5 Å². The number of rotatable bonds is 7. The van der Waals surface area contributed by atoms with Gasteiger partial charge in [-0.1, -0.05) is 120 Å². The maximum absolute atomic E-state index is 6.37. The largest absolute Gasteiger partial charge is 0.491 e. The number of thioether (sulfide) groups is 1. The third-order valence-corrected chi connectivity index (χ3v) is 8.84. The highest BCUT2D eigenvalue weighted by Gasteiger charge is 2.26. The van der Waals surface area contributed by atoms with Crippen LogP contribution in [0.4, 0.5) is 5.69 Å². The minimum atomic E-state index is 0.579. The second kappa shape index (κ2) is 11.6. The van der Waals surface area contributed by atoms with E-state index in [1.54, 1.807) is 0 Å². The van der Waals surface area contributed by atoms with Crippen LogP contribution in [0.5, 0.6) is 5.75 Å². The first-order chi connectivity index (χ1) is 20.7. The van der Waals surface area contributed by atoms with E-state index in [1.165, 1.54) is 42.9 Å². The summed E-state index contributed by atoms with van der Waals surface area (Å²) in [6, 6.07) is 38.1. The van der Waals surface area contributed by atoms with Gasteiger partial charge >= 0.3 is 0 Å². The van der Waals surface area contributed by atoms with E-state index in [4.69, 9.17) is 4.74 Å². The number of pyridine rings is 1. The first-order valence-corrected chi connectivity index (χ1v) is 15.0. The topological polar surface area (TPSA) is 25.4 Å². The summed E-state index contributed by atoms with van der Waals surface area (Å²) in [6.45, 7) is 3.47. The van der Waals surface area contributed by atoms with Crippen LogP contribution in [0.15, 0.2) is 149 Å². The van der Waals surface area contributed by atoms with Gasteiger partial charge in [-0.2, -0.15) is 0 Å². The van der Waals surface area contributed by atoms with Gasteiger partial charge in [-0.25, -0.2) is 0 Å². The molecule has 42 heavy (non-hydrogen) atoms. The van der Waals surface area contributed by atoms with Crippen LogP contribution < -0.4 is 9.64 Å². The molecule has 3 nitrogen and oxygen atoms in total. The van der Waals surface area contributed by atoms with E-state index in [0.717, 1.165) is 28.6 Å². The lowest BCUT2D eigenvalue weighted by Gasteiger charge is -2.21. The Labute approximate surface area is 250 Å². The number of allylic oxidation sites excluding steroid dienone is 4. The number of fused-ring (bicyclic) bond motifs is 5. The standard InChI is InChI=1S/C38H30N2OS/c1-27(17-19-30-23-24-39-34-15-7-6-12-31(30)34)18-22-37-40(35-21-20-29-10-3-5-14-33(29)38(35)42-37)25-26-41-36-16-8-11-28-9-2-4-13-32(28)36/h2-24H,25-26H2,1H3. The zero-order valence-corrected chi connectivity index (χ0v) is 24.2. The molecule has 1 aromatic heterocycles. The summed E-state index contributed by atoms with van der Waals surface area (Å²) in [5.74, 6) is 0.925. The van der Waals surface area contributed by atoms with Gasteiger partial charge < -0.3 is 9.64 Å². The van der Waals surface area contributed by atoms with E-state index < -0.39 is 0 Å². The average Bonchev–Trinajstić information content (AvgIpc) is 3.40. The predicted molar refractivity (Wildman–Crippen MR) is 179 cm³/mol. The Morgan fingerprint density at radius 3 is 2.40 bits per heavy atom. The summed E-state index contributed by atoms with van der Waals surface area (Å²) in [4.78, 5) is 8.18. The molecule has 0 saturated carbocycles. The van der Waals surface area contributed by atoms with E-state index in [-0.39, 0.29) is 0 Å². The maximum Gasteiger partial charge on any atom is 0.127 e. The molecule has 5 aromatic carbocycles. The fraction of sp³-hybridized carbons (Fsp3) is 0.0789. The third kappa shape index (κ3) is 5.17. The van der Waals surface area contributed by atoms with Crippen molar-refractivity contribution in [1.82, 2.24) is 4.98 Å². The van der Waals surface area contributed by atoms with Crippen molar-refractivity contribution in [2.45, 2.75) is 11.8 Å². The average molecular weight is 563 g/mol. The van der Waals surface area contributed by atoms with Crippen molar-refractivity contribution in [3.8, 4) is 5.75 Å². The molecule has 0 fully saturated rings. The summed E-state index contributed by atoms with van der Waals surface area (Å²) in [6.07, 6.45) is 10.7. The van der Waals surface area contributed by atoms with Gasteiger partial charge in [0.2, 0.25) is 0 Å². The molecule has 0 unspecified atom stereocenters. The number of hydrogen-bond acceptors (Lipinski definition) is 4. The highest BCUT2D eigenvalue weighted by atomic mass is 32.2. The maximum atomic E-state index is 6.37. The number of anilines is 1.